The first-order chi connectivity index (χ1) is 32.8. The second-order valence-corrected chi connectivity index (χ2v) is 17.2. The van der Waals surface area contributed by atoms with Gasteiger partial charge in [0, 0.05) is 44.8 Å². The predicted molar refractivity (Wildman–Crippen MR) is 273 cm³/mol. The number of hydrogen-bond donors (Lipinski definition) is 0. The van der Waals surface area contributed by atoms with Gasteiger partial charge in [0.05, 0.1) is 11.4 Å². The Bertz CT molecular complexity index is 3540. The Morgan fingerprint density at radius 1 is 0.303 bits per heavy atom. The van der Waals surface area contributed by atoms with Crippen LogP contribution in [0.25, 0.3) is 55.5 Å². The average molecular weight is 843 g/mol. The van der Waals surface area contributed by atoms with Gasteiger partial charge < -0.3 is 14.2 Å². The maximum Gasteiger partial charge on any atom is 0.135 e. The molecule has 0 fully saturated rings. The lowest BCUT2D eigenvalue weighted by atomic mass is 9.73. The maximum atomic E-state index is 7.29. The minimum absolute atomic E-state index is 0.761. The molecule has 0 N–H and O–H groups in total. The Morgan fingerprint density at radius 3 is 1.53 bits per heavy atom. The van der Waals surface area contributed by atoms with Crippen molar-refractivity contribution in [3.05, 3.63) is 277 Å². The van der Waals surface area contributed by atoms with Gasteiger partial charge in [0.1, 0.15) is 16.8 Å². The number of hydrogen-bond acceptors (Lipinski definition) is 3. The van der Waals surface area contributed by atoms with Crippen molar-refractivity contribution < 1.29 is 4.42 Å². The lowest BCUT2D eigenvalue weighted by Crippen LogP contribution is -2.26. The van der Waals surface area contributed by atoms with E-state index in [9.17, 15) is 0 Å². The summed E-state index contributed by atoms with van der Waals surface area (Å²) in [6.07, 6.45) is 0. The van der Waals surface area contributed by atoms with E-state index in [0.717, 1.165) is 67.5 Å². The van der Waals surface area contributed by atoms with E-state index in [0.29, 0.717) is 0 Å². The highest BCUT2D eigenvalue weighted by atomic mass is 16.3. The molecule has 2 aliphatic carbocycles. The van der Waals surface area contributed by atoms with Gasteiger partial charge in [-0.05, 0) is 111 Å². The van der Waals surface area contributed by atoms with Crippen LogP contribution >= 0.6 is 0 Å². The molecule has 0 saturated carbocycles. The largest absolute Gasteiger partial charge is 0.459 e. The second-order valence-electron chi connectivity index (χ2n) is 17.2. The number of para-hydroxylation sites is 4. The van der Waals surface area contributed by atoms with Crippen molar-refractivity contribution in [2.24, 2.45) is 0 Å². The van der Waals surface area contributed by atoms with E-state index in [1.807, 2.05) is 0 Å². The first-order valence-corrected chi connectivity index (χ1v) is 22.7. The standard InChI is InChI=1S/C63H42N2O/c1-5-20-43(21-6-1)44-36-38-48(39-37-44)65(57-33-17-14-28-50(57)45-22-7-2-8-23-45)49-40-41-52-56(42-49)63(62-60(52)53-30-15-18-35-59(53)66-62)54-31-16-13-29-51(54)61-55(63)32-19-34-58(61)64(46-24-9-3-10-25-46)47-26-11-4-12-27-47/h1-42H. The van der Waals surface area contributed by atoms with Gasteiger partial charge in [-0.2, -0.15) is 0 Å². The normalized spacial score (nSPS) is 14.1. The van der Waals surface area contributed by atoms with E-state index in [2.05, 4.69) is 265 Å². The highest BCUT2D eigenvalue weighted by Crippen LogP contribution is 2.67. The SMILES string of the molecule is c1ccc(-c2ccc(N(c3ccc4c(c3)C3(c5ccccc5-c5c(N(c6ccccc6)c6ccccc6)cccc53)c3oc5ccccc5c3-4)c3ccccc3-c3ccccc3)cc2)cc1. The van der Waals surface area contributed by atoms with Crippen LogP contribution in [0, 0.1) is 0 Å². The summed E-state index contributed by atoms with van der Waals surface area (Å²) >= 11 is 0. The fourth-order valence-corrected chi connectivity index (χ4v) is 10.9. The minimum Gasteiger partial charge on any atom is -0.459 e. The number of nitrogens with zero attached hydrogens (tertiary/aromatic N) is 2. The zero-order valence-corrected chi connectivity index (χ0v) is 36.1. The van der Waals surface area contributed by atoms with E-state index in [-0.39, 0.29) is 0 Å². The molecule has 2 aliphatic rings. The number of benzene rings is 10. The molecule has 13 rings (SSSR count). The molecule has 1 heterocycles. The summed E-state index contributed by atoms with van der Waals surface area (Å²) in [6.45, 7) is 0. The van der Waals surface area contributed by atoms with Crippen molar-refractivity contribution in [3.63, 3.8) is 0 Å². The Morgan fingerprint density at radius 2 is 0.803 bits per heavy atom. The van der Waals surface area contributed by atoms with Crippen molar-refractivity contribution in [3.8, 4) is 44.5 Å². The summed E-state index contributed by atoms with van der Waals surface area (Å²) in [4.78, 5) is 4.84. The lowest BCUT2D eigenvalue weighted by Gasteiger charge is -2.32. The van der Waals surface area contributed by atoms with Crippen LogP contribution in [0.1, 0.15) is 22.5 Å². The van der Waals surface area contributed by atoms with Crippen molar-refractivity contribution in [1.82, 2.24) is 0 Å². The Kier molecular flexibility index (Phi) is 8.75. The number of furan rings is 1. The molecule has 3 heteroatoms. The zero-order chi connectivity index (χ0) is 43.6. The van der Waals surface area contributed by atoms with Gasteiger partial charge in [-0.1, -0.05) is 188 Å². The summed E-state index contributed by atoms with van der Waals surface area (Å²) in [5, 5.41) is 1.12. The van der Waals surface area contributed by atoms with E-state index in [1.165, 1.54) is 44.5 Å². The van der Waals surface area contributed by atoms with Crippen molar-refractivity contribution in [2.45, 2.75) is 5.41 Å². The summed E-state index contributed by atoms with van der Waals surface area (Å²) in [5.74, 6) is 0.966. The van der Waals surface area contributed by atoms with Gasteiger partial charge in [0.2, 0.25) is 0 Å². The molecular weight excluding hydrogens is 801 g/mol. The van der Waals surface area contributed by atoms with Crippen LogP contribution in [0.15, 0.2) is 259 Å². The molecule has 0 amide bonds. The molecule has 10 aromatic carbocycles. The fourth-order valence-electron chi connectivity index (χ4n) is 10.9. The van der Waals surface area contributed by atoms with Crippen LogP contribution < -0.4 is 9.80 Å². The van der Waals surface area contributed by atoms with Crippen molar-refractivity contribution in [2.75, 3.05) is 9.80 Å². The molecule has 1 atom stereocenters. The molecule has 3 nitrogen and oxygen atoms in total. The summed E-state index contributed by atoms with van der Waals surface area (Å²) in [6, 6.07) is 92.1. The third-order valence-electron chi connectivity index (χ3n) is 13.6. The van der Waals surface area contributed by atoms with Gasteiger partial charge in [0.25, 0.3) is 0 Å². The van der Waals surface area contributed by atoms with E-state index < -0.39 is 5.41 Å². The molecule has 0 saturated heterocycles. The highest BCUT2D eigenvalue weighted by Gasteiger charge is 2.56. The van der Waals surface area contributed by atoms with Crippen LogP contribution in [-0.2, 0) is 5.41 Å². The average Bonchev–Trinajstić information content (AvgIpc) is 4.02. The molecule has 0 aliphatic heterocycles. The third kappa shape index (κ3) is 5.70. The predicted octanol–water partition coefficient (Wildman–Crippen LogP) is 17.0. The Hall–Kier alpha value is -8.66. The molecule has 0 bridgehead atoms. The van der Waals surface area contributed by atoms with Gasteiger partial charge in [0.15, 0.2) is 0 Å². The van der Waals surface area contributed by atoms with Gasteiger partial charge in [-0.15, -0.1) is 0 Å². The molecule has 1 unspecified atom stereocenters. The summed E-state index contributed by atoms with van der Waals surface area (Å²) in [7, 11) is 0. The topological polar surface area (TPSA) is 19.6 Å². The molecule has 1 spiro atoms. The van der Waals surface area contributed by atoms with Crippen LogP contribution in [0.5, 0.6) is 0 Å². The van der Waals surface area contributed by atoms with Gasteiger partial charge >= 0.3 is 0 Å². The van der Waals surface area contributed by atoms with Crippen molar-refractivity contribution >= 4 is 45.1 Å². The lowest BCUT2D eigenvalue weighted by molar-refractivity contribution is 0.507. The quantitative estimate of drug-likeness (QED) is 0.152. The molecule has 1 aromatic heterocycles. The summed E-state index contributed by atoms with van der Waals surface area (Å²) < 4.78 is 7.29. The number of anilines is 6. The van der Waals surface area contributed by atoms with Crippen LogP contribution in [0.2, 0.25) is 0 Å². The monoisotopic (exact) mass is 842 g/mol. The van der Waals surface area contributed by atoms with Crippen molar-refractivity contribution in [1.29, 1.82) is 0 Å². The Labute approximate surface area is 384 Å². The van der Waals surface area contributed by atoms with E-state index in [4.69, 9.17) is 4.42 Å². The number of rotatable bonds is 8. The smallest absolute Gasteiger partial charge is 0.135 e. The molecule has 310 valence electrons. The molecule has 66 heavy (non-hydrogen) atoms. The van der Waals surface area contributed by atoms with Crippen LogP contribution in [-0.4, -0.2) is 0 Å². The van der Waals surface area contributed by atoms with Crippen LogP contribution in [0.4, 0.5) is 34.1 Å². The highest BCUT2D eigenvalue weighted by molar-refractivity contribution is 6.07. The first-order valence-electron chi connectivity index (χ1n) is 22.7. The van der Waals surface area contributed by atoms with Crippen LogP contribution in [0.3, 0.4) is 0 Å². The molecule has 11 aromatic rings. The fraction of sp³-hybridized carbons (Fsp3) is 0.0159. The summed E-state index contributed by atoms with van der Waals surface area (Å²) in [5.41, 5.74) is 19.7. The second kappa shape index (κ2) is 15.3. The number of fused-ring (bicyclic) bond motifs is 12. The Balaban J connectivity index is 1.09. The first kappa shape index (κ1) is 37.9. The third-order valence-corrected chi connectivity index (χ3v) is 13.6. The molecule has 0 radical (unpaired) electrons. The maximum absolute atomic E-state index is 7.29. The van der Waals surface area contributed by atoms with Gasteiger partial charge in [-0.3, -0.25) is 0 Å². The van der Waals surface area contributed by atoms with E-state index >= 15 is 0 Å². The van der Waals surface area contributed by atoms with Gasteiger partial charge in [-0.25, -0.2) is 0 Å². The van der Waals surface area contributed by atoms with E-state index in [1.54, 1.807) is 0 Å². The zero-order valence-electron chi connectivity index (χ0n) is 36.1. The molecular formula is C63H42N2O. The minimum atomic E-state index is -0.761.